The standard InChI is InChI=1S/C13H8ClF3N2S/c14-9-3-6(15)4-11(17)12(9)19-7-1-2-8(13(18)20)10(16)5-7/h1-5,19H,(H2,18,20). The maximum absolute atomic E-state index is 13.7. The Morgan fingerprint density at radius 2 is 1.80 bits per heavy atom. The molecule has 0 spiro atoms. The Balaban J connectivity index is 2.36. The van der Waals surface area contributed by atoms with Crippen molar-refractivity contribution in [2.45, 2.75) is 0 Å². The van der Waals surface area contributed by atoms with E-state index in [-0.39, 0.29) is 26.9 Å². The van der Waals surface area contributed by atoms with Gasteiger partial charge in [-0.15, -0.1) is 0 Å². The summed E-state index contributed by atoms with van der Waals surface area (Å²) in [5.41, 5.74) is 5.50. The summed E-state index contributed by atoms with van der Waals surface area (Å²) in [6.07, 6.45) is 0. The van der Waals surface area contributed by atoms with Gasteiger partial charge in [-0.1, -0.05) is 23.8 Å². The van der Waals surface area contributed by atoms with Crippen LogP contribution in [0.5, 0.6) is 0 Å². The molecule has 0 aliphatic carbocycles. The molecular formula is C13H8ClF3N2S. The van der Waals surface area contributed by atoms with Crippen LogP contribution < -0.4 is 11.1 Å². The van der Waals surface area contributed by atoms with Crippen molar-refractivity contribution in [2.75, 3.05) is 5.32 Å². The predicted octanol–water partition coefficient (Wildman–Crippen LogP) is 4.14. The molecule has 2 rings (SSSR count). The molecule has 0 atom stereocenters. The van der Waals surface area contributed by atoms with Crippen molar-refractivity contribution in [3.63, 3.8) is 0 Å². The molecule has 3 N–H and O–H groups in total. The summed E-state index contributed by atoms with van der Waals surface area (Å²) in [7, 11) is 0. The van der Waals surface area contributed by atoms with E-state index in [4.69, 9.17) is 17.3 Å². The Bertz CT molecular complexity index is 668. The van der Waals surface area contributed by atoms with Crippen LogP contribution in [-0.4, -0.2) is 4.99 Å². The highest BCUT2D eigenvalue weighted by Gasteiger charge is 2.12. The molecule has 0 radical (unpaired) electrons. The first-order valence-corrected chi connectivity index (χ1v) is 6.18. The number of thiocarbonyl (C=S) groups is 1. The minimum Gasteiger partial charge on any atom is -0.389 e. The lowest BCUT2D eigenvalue weighted by atomic mass is 10.2. The predicted molar refractivity (Wildman–Crippen MR) is 76.9 cm³/mol. The molecule has 7 heteroatoms. The van der Waals surface area contributed by atoms with Crippen molar-refractivity contribution in [3.05, 3.63) is 58.4 Å². The average Bonchev–Trinajstić information content (AvgIpc) is 2.33. The zero-order chi connectivity index (χ0) is 14.9. The molecule has 104 valence electrons. The first-order valence-electron chi connectivity index (χ1n) is 5.39. The third kappa shape index (κ3) is 3.02. The molecule has 0 aliphatic rings. The highest BCUT2D eigenvalue weighted by atomic mass is 35.5. The molecule has 0 bridgehead atoms. The Morgan fingerprint density at radius 1 is 1.10 bits per heavy atom. The molecule has 0 heterocycles. The third-order valence-corrected chi connectivity index (χ3v) is 3.03. The molecule has 0 aromatic heterocycles. The summed E-state index contributed by atoms with van der Waals surface area (Å²) in [6.45, 7) is 0. The number of halogens is 4. The van der Waals surface area contributed by atoms with Crippen molar-refractivity contribution in [3.8, 4) is 0 Å². The number of rotatable bonds is 3. The third-order valence-electron chi connectivity index (χ3n) is 2.51. The minimum atomic E-state index is -0.881. The van der Waals surface area contributed by atoms with Gasteiger partial charge in [0.15, 0.2) is 5.82 Å². The van der Waals surface area contributed by atoms with E-state index in [1.54, 1.807) is 0 Å². The smallest absolute Gasteiger partial charge is 0.151 e. The summed E-state index contributed by atoms with van der Waals surface area (Å²) in [6, 6.07) is 5.53. The molecule has 20 heavy (non-hydrogen) atoms. The molecular weight excluding hydrogens is 309 g/mol. The van der Waals surface area contributed by atoms with Gasteiger partial charge in [0.1, 0.15) is 16.6 Å². The molecule has 0 amide bonds. The fourth-order valence-electron chi connectivity index (χ4n) is 1.60. The van der Waals surface area contributed by atoms with Crippen LogP contribution in [0.1, 0.15) is 5.56 Å². The van der Waals surface area contributed by atoms with E-state index in [1.807, 2.05) is 0 Å². The molecule has 0 aliphatic heterocycles. The second kappa shape index (κ2) is 5.68. The van der Waals surface area contributed by atoms with E-state index in [9.17, 15) is 13.2 Å². The summed E-state index contributed by atoms with van der Waals surface area (Å²) in [5, 5.41) is 2.43. The Morgan fingerprint density at radius 3 is 2.35 bits per heavy atom. The number of hydrogen-bond donors (Lipinski definition) is 2. The summed E-state index contributed by atoms with van der Waals surface area (Å²) in [4.78, 5) is -0.0833. The molecule has 0 saturated carbocycles. The zero-order valence-corrected chi connectivity index (χ0v) is 11.5. The first-order chi connectivity index (χ1) is 9.38. The van der Waals surface area contributed by atoms with Gasteiger partial charge in [-0.3, -0.25) is 0 Å². The quantitative estimate of drug-likeness (QED) is 0.836. The van der Waals surface area contributed by atoms with Crippen LogP contribution in [0, 0.1) is 17.5 Å². The van der Waals surface area contributed by atoms with Gasteiger partial charge in [-0.25, -0.2) is 13.2 Å². The average molecular weight is 317 g/mol. The molecule has 2 nitrogen and oxygen atoms in total. The number of nitrogens with two attached hydrogens (primary N) is 1. The SMILES string of the molecule is NC(=S)c1ccc(Nc2c(F)cc(F)cc2Cl)cc1F. The van der Waals surface area contributed by atoms with Crippen LogP contribution >= 0.6 is 23.8 Å². The van der Waals surface area contributed by atoms with E-state index < -0.39 is 17.5 Å². The lowest BCUT2D eigenvalue weighted by Crippen LogP contribution is -2.11. The molecule has 0 unspecified atom stereocenters. The van der Waals surface area contributed by atoms with Crippen LogP contribution in [0.4, 0.5) is 24.5 Å². The number of hydrogen-bond acceptors (Lipinski definition) is 2. The van der Waals surface area contributed by atoms with Gasteiger partial charge in [0.05, 0.1) is 10.7 Å². The fraction of sp³-hybridized carbons (Fsp3) is 0. The molecule has 0 saturated heterocycles. The Kier molecular flexibility index (Phi) is 4.15. The van der Waals surface area contributed by atoms with Gasteiger partial charge in [0, 0.05) is 17.3 Å². The van der Waals surface area contributed by atoms with Crippen molar-refractivity contribution in [1.82, 2.24) is 0 Å². The lowest BCUT2D eigenvalue weighted by molar-refractivity contribution is 0.586. The van der Waals surface area contributed by atoms with E-state index in [0.717, 1.165) is 12.1 Å². The summed E-state index contributed by atoms with van der Waals surface area (Å²) >= 11 is 10.4. The van der Waals surface area contributed by atoms with Crippen molar-refractivity contribution in [2.24, 2.45) is 5.73 Å². The normalized spacial score (nSPS) is 10.4. The van der Waals surface area contributed by atoms with Crippen LogP contribution in [0.15, 0.2) is 30.3 Å². The monoisotopic (exact) mass is 316 g/mol. The van der Waals surface area contributed by atoms with Crippen LogP contribution in [0.3, 0.4) is 0 Å². The highest BCUT2D eigenvalue weighted by molar-refractivity contribution is 7.80. The molecule has 0 fully saturated rings. The summed E-state index contributed by atoms with van der Waals surface area (Å²) < 4.78 is 40.2. The molecule has 2 aromatic carbocycles. The van der Waals surface area contributed by atoms with Gasteiger partial charge >= 0.3 is 0 Å². The van der Waals surface area contributed by atoms with Crippen LogP contribution in [0.2, 0.25) is 5.02 Å². The van der Waals surface area contributed by atoms with Gasteiger partial charge in [0.25, 0.3) is 0 Å². The van der Waals surface area contributed by atoms with Gasteiger partial charge in [-0.05, 0) is 24.3 Å². The second-order valence-corrected chi connectivity index (χ2v) is 4.78. The highest BCUT2D eigenvalue weighted by Crippen LogP contribution is 2.29. The number of nitrogens with one attached hydrogen (secondary N) is 1. The van der Waals surface area contributed by atoms with Crippen molar-refractivity contribution in [1.29, 1.82) is 0 Å². The van der Waals surface area contributed by atoms with E-state index in [1.165, 1.54) is 12.1 Å². The van der Waals surface area contributed by atoms with Gasteiger partial charge in [0.2, 0.25) is 0 Å². The van der Waals surface area contributed by atoms with Crippen molar-refractivity contribution < 1.29 is 13.2 Å². The van der Waals surface area contributed by atoms with E-state index in [2.05, 4.69) is 17.5 Å². The Labute approximate surface area is 123 Å². The Hall–Kier alpha value is -1.79. The van der Waals surface area contributed by atoms with E-state index in [0.29, 0.717) is 6.07 Å². The van der Waals surface area contributed by atoms with E-state index >= 15 is 0 Å². The largest absolute Gasteiger partial charge is 0.389 e. The topological polar surface area (TPSA) is 38.0 Å². The van der Waals surface area contributed by atoms with Crippen molar-refractivity contribution >= 4 is 40.2 Å². The fourth-order valence-corrected chi connectivity index (χ4v) is 2.01. The first kappa shape index (κ1) is 14.6. The maximum Gasteiger partial charge on any atom is 0.151 e. The van der Waals surface area contributed by atoms with Crippen LogP contribution in [-0.2, 0) is 0 Å². The maximum atomic E-state index is 13.7. The summed E-state index contributed by atoms with van der Waals surface area (Å²) in [5.74, 6) is -2.33. The van der Waals surface area contributed by atoms with Gasteiger partial charge in [-0.2, -0.15) is 0 Å². The second-order valence-electron chi connectivity index (χ2n) is 3.93. The van der Waals surface area contributed by atoms with Crippen LogP contribution in [0.25, 0.3) is 0 Å². The number of benzene rings is 2. The zero-order valence-electron chi connectivity index (χ0n) is 9.88. The number of anilines is 2. The minimum absolute atomic E-state index is 0.0798. The molecule has 2 aromatic rings. The van der Waals surface area contributed by atoms with Gasteiger partial charge < -0.3 is 11.1 Å². The lowest BCUT2D eigenvalue weighted by Gasteiger charge is -2.11.